The molecular formula is C20H33N3O3. The molecule has 1 aliphatic heterocycles. The highest BCUT2D eigenvalue weighted by molar-refractivity contribution is 5.95. The molecule has 0 spiro atoms. The van der Waals surface area contributed by atoms with Crippen LogP contribution < -0.4 is 10.2 Å². The van der Waals surface area contributed by atoms with Gasteiger partial charge in [0.2, 0.25) is 5.91 Å². The topological polar surface area (TPSA) is 65.0 Å². The Bertz CT molecular complexity index is 566. The molecule has 0 unspecified atom stereocenters. The van der Waals surface area contributed by atoms with E-state index in [1.165, 1.54) is 0 Å². The number of hydrogen-bond acceptors (Lipinski definition) is 5. The Morgan fingerprint density at radius 2 is 1.85 bits per heavy atom. The summed E-state index contributed by atoms with van der Waals surface area (Å²) in [5.41, 5.74) is 1.80. The molecule has 0 aliphatic carbocycles. The Kier molecular flexibility index (Phi) is 7.43. The van der Waals surface area contributed by atoms with Crippen molar-refractivity contribution in [1.29, 1.82) is 0 Å². The fourth-order valence-corrected chi connectivity index (χ4v) is 3.63. The Morgan fingerprint density at radius 1 is 1.27 bits per heavy atom. The smallest absolute Gasteiger partial charge is 0.241 e. The third-order valence-electron chi connectivity index (χ3n) is 4.75. The van der Waals surface area contributed by atoms with Crippen LogP contribution in [0.15, 0.2) is 24.3 Å². The molecule has 2 rings (SSSR count). The van der Waals surface area contributed by atoms with Crippen molar-refractivity contribution in [2.75, 3.05) is 43.5 Å². The lowest BCUT2D eigenvalue weighted by atomic mass is 9.99. The van der Waals surface area contributed by atoms with E-state index in [1.807, 2.05) is 36.2 Å². The zero-order chi connectivity index (χ0) is 19.3. The molecule has 1 heterocycles. The maximum atomic E-state index is 13.0. The number of hydrogen-bond donors (Lipinski definition) is 2. The van der Waals surface area contributed by atoms with Crippen molar-refractivity contribution in [1.82, 2.24) is 4.90 Å². The van der Waals surface area contributed by atoms with Gasteiger partial charge >= 0.3 is 0 Å². The third-order valence-corrected chi connectivity index (χ3v) is 4.75. The number of ether oxygens (including phenoxy) is 1. The maximum absolute atomic E-state index is 13.0. The van der Waals surface area contributed by atoms with Crippen LogP contribution in [0.4, 0.5) is 11.4 Å². The number of carbonyl (C=O) groups excluding carboxylic acids is 1. The van der Waals surface area contributed by atoms with Gasteiger partial charge < -0.3 is 20.1 Å². The van der Waals surface area contributed by atoms with E-state index in [1.54, 1.807) is 0 Å². The number of anilines is 2. The summed E-state index contributed by atoms with van der Waals surface area (Å²) < 4.78 is 5.80. The summed E-state index contributed by atoms with van der Waals surface area (Å²) in [5.74, 6) is 0.236. The van der Waals surface area contributed by atoms with Gasteiger partial charge in [-0.3, -0.25) is 9.69 Å². The quantitative estimate of drug-likeness (QED) is 0.777. The molecule has 1 aliphatic rings. The van der Waals surface area contributed by atoms with Gasteiger partial charge in [-0.15, -0.1) is 0 Å². The average molecular weight is 364 g/mol. The van der Waals surface area contributed by atoms with E-state index in [-0.39, 0.29) is 36.7 Å². The molecule has 1 amide bonds. The van der Waals surface area contributed by atoms with Crippen LogP contribution >= 0.6 is 0 Å². The molecule has 0 saturated carbocycles. The number of morpholine rings is 1. The number of benzene rings is 1. The van der Waals surface area contributed by atoms with Crippen molar-refractivity contribution in [3.05, 3.63) is 24.3 Å². The highest BCUT2D eigenvalue weighted by Crippen LogP contribution is 2.21. The molecule has 1 aromatic rings. The fraction of sp³-hybridized carbons (Fsp3) is 0.650. The summed E-state index contributed by atoms with van der Waals surface area (Å²) in [5, 5.41) is 12.1. The summed E-state index contributed by atoms with van der Waals surface area (Å²) in [4.78, 5) is 17.2. The number of nitrogens with one attached hydrogen (secondary N) is 1. The first kappa shape index (κ1) is 20.7. The van der Waals surface area contributed by atoms with Crippen LogP contribution in [0.3, 0.4) is 0 Å². The van der Waals surface area contributed by atoms with Gasteiger partial charge in [0.15, 0.2) is 0 Å². The minimum atomic E-state index is -0.180. The van der Waals surface area contributed by atoms with Crippen LogP contribution in [-0.2, 0) is 9.53 Å². The number of amides is 1. The molecular weight excluding hydrogens is 330 g/mol. The lowest BCUT2D eigenvalue weighted by Gasteiger charge is -2.41. The predicted octanol–water partition coefficient (Wildman–Crippen LogP) is 2.19. The minimum Gasteiger partial charge on any atom is -0.395 e. The van der Waals surface area contributed by atoms with Crippen LogP contribution in [-0.4, -0.2) is 67.5 Å². The van der Waals surface area contributed by atoms with Crippen LogP contribution in [0.5, 0.6) is 0 Å². The standard InChI is InChI=1S/C20H33N3O3/c1-14(2)19(23-12-15(3)26-16(4)13-23)20(25)21-17-6-8-18(9-7-17)22(5)10-11-24/h6-9,14-16,19,24H,10-13H2,1-5H3,(H,21,25)/t15-,16+,19-/m0/s1. The van der Waals surface area contributed by atoms with Crippen LogP contribution in [0.1, 0.15) is 27.7 Å². The summed E-state index contributed by atoms with van der Waals surface area (Å²) >= 11 is 0. The second kappa shape index (κ2) is 9.35. The number of nitrogens with zero attached hydrogens (tertiary/aromatic N) is 2. The van der Waals surface area contributed by atoms with Gasteiger partial charge in [-0.25, -0.2) is 0 Å². The third kappa shape index (κ3) is 5.43. The van der Waals surface area contributed by atoms with Crippen LogP contribution in [0.25, 0.3) is 0 Å². The highest BCUT2D eigenvalue weighted by Gasteiger charge is 2.34. The second-order valence-corrected chi connectivity index (χ2v) is 7.58. The molecule has 6 nitrogen and oxygen atoms in total. The molecule has 3 atom stereocenters. The van der Waals surface area contributed by atoms with Crippen molar-refractivity contribution >= 4 is 17.3 Å². The first-order chi connectivity index (χ1) is 12.3. The van der Waals surface area contributed by atoms with E-state index in [0.717, 1.165) is 24.5 Å². The molecule has 1 saturated heterocycles. The van der Waals surface area contributed by atoms with E-state index in [9.17, 15) is 4.79 Å². The molecule has 6 heteroatoms. The number of aliphatic hydroxyl groups is 1. The molecule has 1 fully saturated rings. The molecule has 0 aromatic heterocycles. The van der Waals surface area contributed by atoms with Crippen LogP contribution in [0, 0.1) is 5.92 Å². The van der Waals surface area contributed by atoms with Gasteiger partial charge in [-0.1, -0.05) is 13.8 Å². The summed E-state index contributed by atoms with van der Waals surface area (Å²) in [7, 11) is 1.93. The van der Waals surface area contributed by atoms with Crippen molar-refractivity contribution in [2.24, 2.45) is 5.92 Å². The molecule has 2 N–H and O–H groups in total. The number of aliphatic hydroxyl groups excluding tert-OH is 1. The monoisotopic (exact) mass is 363 g/mol. The van der Waals surface area contributed by atoms with Gasteiger partial charge in [0, 0.05) is 38.1 Å². The first-order valence-corrected chi connectivity index (χ1v) is 9.44. The van der Waals surface area contributed by atoms with E-state index in [0.29, 0.717) is 6.54 Å². The molecule has 0 bridgehead atoms. The van der Waals surface area contributed by atoms with Crippen molar-refractivity contribution in [2.45, 2.75) is 45.9 Å². The highest BCUT2D eigenvalue weighted by atomic mass is 16.5. The molecule has 146 valence electrons. The zero-order valence-electron chi connectivity index (χ0n) is 16.6. The SMILES string of the molecule is CC(C)[C@@H](C(=O)Nc1ccc(N(C)CCO)cc1)N1C[C@@H](C)O[C@@H](C)C1. The fourth-order valence-electron chi connectivity index (χ4n) is 3.63. The Labute approximate surface area is 157 Å². The minimum absolute atomic E-state index is 0.0257. The number of carbonyl (C=O) groups is 1. The lowest BCUT2D eigenvalue weighted by molar-refractivity contribution is -0.130. The summed E-state index contributed by atoms with van der Waals surface area (Å²) in [6.07, 6.45) is 0.267. The summed E-state index contributed by atoms with van der Waals surface area (Å²) in [6.45, 7) is 10.5. The normalized spacial score (nSPS) is 22.3. The van der Waals surface area contributed by atoms with E-state index in [2.05, 4.69) is 37.9 Å². The molecule has 1 aromatic carbocycles. The molecule has 0 radical (unpaired) electrons. The van der Waals surface area contributed by atoms with Gasteiger partial charge in [-0.2, -0.15) is 0 Å². The Balaban J connectivity index is 2.05. The number of likely N-dealkylation sites (N-methyl/N-ethyl adjacent to an activating group) is 1. The summed E-state index contributed by atoms with van der Waals surface area (Å²) in [6, 6.07) is 7.54. The maximum Gasteiger partial charge on any atom is 0.241 e. The van der Waals surface area contributed by atoms with Gasteiger partial charge in [-0.05, 0) is 44.0 Å². The van der Waals surface area contributed by atoms with E-state index < -0.39 is 0 Å². The van der Waals surface area contributed by atoms with Gasteiger partial charge in [0.25, 0.3) is 0 Å². The Morgan fingerprint density at radius 3 is 2.35 bits per heavy atom. The second-order valence-electron chi connectivity index (χ2n) is 7.58. The van der Waals surface area contributed by atoms with Gasteiger partial charge in [0.1, 0.15) is 0 Å². The van der Waals surface area contributed by atoms with Crippen LogP contribution in [0.2, 0.25) is 0 Å². The van der Waals surface area contributed by atoms with E-state index >= 15 is 0 Å². The average Bonchev–Trinajstić information content (AvgIpc) is 2.54. The Hall–Kier alpha value is -1.63. The predicted molar refractivity (Wildman–Crippen MR) is 106 cm³/mol. The first-order valence-electron chi connectivity index (χ1n) is 9.44. The molecule has 26 heavy (non-hydrogen) atoms. The van der Waals surface area contributed by atoms with Crippen molar-refractivity contribution in [3.8, 4) is 0 Å². The lowest BCUT2D eigenvalue weighted by Crippen LogP contribution is -2.55. The van der Waals surface area contributed by atoms with Crippen molar-refractivity contribution < 1.29 is 14.6 Å². The largest absolute Gasteiger partial charge is 0.395 e. The van der Waals surface area contributed by atoms with Crippen molar-refractivity contribution in [3.63, 3.8) is 0 Å². The van der Waals surface area contributed by atoms with E-state index in [4.69, 9.17) is 9.84 Å². The number of rotatable bonds is 7. The zero-order valence-corrected chi connectivity index (χ0v) is 16.6. The van der Waals surface area contributed by atoms with Gasteiger partial charge in [0.05, 0.1) is 24.9 Å².